The zero-order valence-electron chi connectivity index (χ0n) is 20.8. The Kier molecular flexibility index (Phi) is 8.28. The van der Waals surface area contributed by atoms with Gasteiger partial charge in [-0.15, -0.1) is 6.58 Å². The van der Waals surface area contributed by atoms with E-state index in [0.717, 1.165) is 28.8 Å². The monoisotopic (exact) mass is 498 g/mol. The topological polar surface area (TPSA) is 59.9 Å². The number of nitrogens with one attached hydrogen (secondary N) is 1. The highest BCUT2D eigenvalue weighted by Gasteiger charge is 2.24. The maximum Gasteiger partial charge on any atom is 0.264 e. The van der Waals surface area contributed by atoms with Gasteiger partial charge in [0.25, 0.3) is 5.91 Å². The number of methoxy groups -OCH3 is 1. The number of amidine groups is 1. The fourth-order valence-electron chi connectivity index (χ4n) is 3.78. The minimum Gasteiger partial charge on any atom is -0.493 e. The lowest BCUT2D eigenvalue weighted by molar-refractivity contribution is -0.115. The van der Waals surface area contributed by atoms with Crippen molar-refractivity contribution in [1.82, 2.24) is 5.32 Å². The van der Waals surface area contributed by atoms with Gasteiger partial charge in [-0.2, -0.15) is 0 Å². The molecule has 5 nitrogen and oxygen atoms in total. The molecule has 1 fully saturated rings. The van der Waals surface area contributed by atoms with Crippen LogP contribution in [0, 0.1) is 6.92 Å². The number of aliphatic imine (C=N–C) groups is 1. The highest BCUT2D eigenvalue weighted by molar-refractivity contribution is 8.18. The molecule has 4 rings (SSSR count). The number of hydrogen-bond acceptors (Lipinski definition) is 5. The van der Waals surface area contributed by atoms with E-state index in [4.69, 9.17) is 9.47 Å². The summed E-state index contributed by atoms with van der Waals surface area (Å²) in [4.78, 5) is 17.8. The Bertz CT molecular complexity index is 1310. The maximum atomic E-state index is 12.6. The van der Waals surface area contributed by atoms with Crippen molar-refractivity contribution < 1.29 is 14.3 Å². The summed E-state index contributed by atoms with van der Waals surface area (Å²) >= 11 is 1.32. The third-order valence-electron chi connectivity index (χ3n) is 5.77. The first-order chi connectivity index (χ1) is 17.5. The van der Waals surface area contributed by atoms with Crippen LogP contribution in [0.1, 0.15) is 34.7 Å². The number of nitrogens with zero attached hydrogens (tertiary/aromatic N) is 1. The molecule has 0 aromatic heterocycles. The van der Waals surface area contributed by atoms with Crippen molar-refractivity contribution >= 4 is 34.6 Å². The normalized spacial score (nSPS) is 15.2. The van der Waals surface area contributed by atoms with E-state index >= 15 is 0 Å². The lowest BCUT2D eigenvalue weighted by atomic mass is 10.0. The number of amides is 1. The first-order valence-corrected chi connectivity index (χ1v) is 12.7. The van der Waals surface area contributed by atoms with E-state index in [9.17, 15) is 4.79 Å². The molecular weight excluding hydrogens is 468 g/mol. The summed E-state index contributed by atoms with van der Waals surface area (Å²) < 4.78 is 11.9. The van der Waals surface area contributed by atoms with Crippen LogP contribution >= 0.6 is 11.8 Å². The highest BCUT2D eigenvalue weighted by atomic mass is 32.2. The van der Waals surface area contributed by atoms with Crippen molar-refractivity contribution in [2.24, 2.45) is 4.99 Å². The average molecular weight is 499 g/mol. The lowest BCUT2D eigenvalue weighted by Crippen LogP contribution is -2.19. The van der Waals surface area contributed by atoms with Crippen LogP contribution in [0.2, 0.25) is 0 Å². The molecule has 3 aromatic carbocycles. The van der Waals surface area contributed by atoms with E-state index in [2.05, 4.69) is 55.0 Å². The van der Waals surface area contributed by atoms with Crippen molar-refractivity contribution in [2.45, 2.75) is 33.3 Å². The number of thioether (sulfide) groups is 1. The lowest BCUT2D eigenvalue weighted by Gasteiger charge is -2.16. The van der Waals surface area contributed by atoms with Gasteiger partial charge < -0.3 is 14.8 Å². The SMILES string of the molecule is C=CCc1cc(/C=C2\SC(=Nc3ccc(CC)cc3)NC2=O)cc(OC)c1OCc1ccc(C)cc1. The molecule has 6 heteroatoms. The second-order valence-electron chi connectivity index (χ2n) is 8.48. The summed E-state index contributed by atoms with van der Waals surface area (Å²) in [7, 11) is 1.62. The van der Waals surface area contributed by atoms with Crippen molar-refractivity contribution in [3.63, 3.8) is 0 Å². The summed E-state index contributed by atoms with van der Waals surface area (Å²) in [6.45, 7) is 8.49. The van der Waals surface area contributed by atoms with Crippen LogP contribution in [-0.4, -0.2) is 18.2 Å². The number of aryl methyl sites for hydroxylation is 2. The van der Waals surface area contributed by atoms with Crippen LogP contribution < -0.4 is 14.8 Å². The second-order valence-corrected chi connectivity index (χ2v) is 9.51. The van der Waals surface area contributed by atoms with Gasteiger partial charge in [0.2, 0.25) is 0 Å². The summed E-state index contributed by atoms with van der Waals surface area (Å²) in [5, 5.41) is 3.42. The van der Waals surface area contributed by atoms with E-state index in [0.29, 0.717) is 34.6 Å². The fourth-order valence-corrected chi connectivity index (χ4v) is 4.63. The van der Waals surface area contributed by atoms with E-state index in [1.54, 1.807) is 7.11 Å². The van der Waals surface area contributed by atoms with E-state index < -0.39 is 0 Å². The molecule has 0 atom stereocenters. The van der Waals surface area contributed by atoms with Gasteiger partial charge in [0, 0.05) is 5.56 Å². The molecule has 3 aromatic rings. The number of benzene rings is 3. The second kappa shape index (κ2) is 11.8. The molecule has 0 saturated carbocycles. The number of allylic oxidation sites excluding steroid dienone is 1. The summed E-state index contributed by atoms with van der Waals surface area (Å²) in [6, 6.07) is 20.2. The van der Waals surface area contributed by atoms with E-state index in [1.165, 1.54) is 22.9 Å². The Balaban J connectivity index is 1.57. The summed E-state index contributed by atoms with van der Waals surface area (Å²) in [5.41, 5.74) is 6.12. The van der Waals surface area contributed by atoms with Crippen LogP contribution in [0.25, 0.3) is 6.08 Å². The zero-order valence-corrected chi connectivity index (χ0v) is 21.7. The fraction of sp³-hybridized carbons (Fsp3) is 0.200. The summed E-state index contributed by atoms with van der Waals surface area (Å²) in [5.74, 6) is 1.12. The maximum absolute atomic E-state index is 12.6. The van der Waals surface area contributed by atoms with Gasteiger partial charge in [0.1, 0.15) is 6.61 Å². The smallest absolute Gasteiger partial charge is 0.264 e. The highest BCUT2D eigenvalue weighted by Crippen LogP contribution is 2.36. The third kappa shape index (κ3) is 6.26. The minimum atomic E-state index is -0.173. The van der Waals surface area contributed by atoms with Crippen LogP contribution in [0.15, 0.2) is 83.2 Å². The van der Waals surface area contributed by atoms with Crippen molar-refractivity contribution in [2.75, 3.05) is 7.11 Å². The molecule has 0 aliphatic carbocycles. The van der Waals surface area contributed by atoms with Crippen molar-refractivity contribution in [3.05, 3.63) is 106 Å². The summed E-state index contributed by atoms with van der Waals surface area (Å²) in [6.07, 6.45) is 5.26. The molecule has 1 aliphatic rings. The molecule has 1 amide bonds. The Morgan fingerprint density at radius 3 is 2.44 bits per heavy atom. The van der Waals surface area contributed by atoms with Gasteiger partial charge >= 0.3 is 0 Å². The van der Waals surface area contributed by atoms with Gasteiger partial charge in [-0.1, -0.05) is 55.0 Å². The number of carbonyl (C=O) groups is 1. The largest absolute Gasteiger partial charge is 0.493 e. The number of hydrogen-bond donors (Lipinski definition) is 1. The molecular formula is C30H30N2O3S. The molecule has 0 radical (unpaired) electrons. The van der Waals surface area contributed by atoms with Gasteiger partial charge in [0.15, 0.2) is 16.7 Å². The number of rotatable bonds is 9. The number of ether oxygens (including phenoxy) is 2. The first-order valence-electron chi connectivity index (χ1n) is 11.9. The Morgan fingerprint density at radius 2 is 1.78 bits per heavy atom. The minimum absolute atomic E-state index is 0.173. The van der Waals surface area contributed by atoms with Gasteiger partial charge in [-0.25, -0.2) is 4.99 Å². The molecule has 0 unspecified atom stereocenters. The third-order valence-corrected chi connectivity index (χ3v) is 6.68. The first kappa shape index (κ1) is 25.3. The molecule has 36 heavy (non-hydrogen) atoms. The Labute approximate surface area is 216 Å². The predicted octanol–water partition coefficient (Wildman–Crippen LogP) is 6.77. The quantitative estimate of drug-likeness (QED) is 0.261. The number of carbonyl (C=O) groups excluding carboxylic acids is 1. The predicted molar refractivity (Wildman–Crippen MR) is 149 cm³/mol. The van der Waals surface area contributed by atoms with Gasteiger partial charge in [0.05, 0.1) is 17.7 Å². The van der Waals surface area contributed by atoms with Crippen LogP contribution in [0.3, 0.4) is 0 Å². The van der Waals surface area contributed by atoms with Crippen LogP contribution in [-0.2, 0) is 24.2 Å². The van der Waals surface area contributed by atoms with E-state index in [1.807, 2.05) is 48.6 Å². The molecule has 184 valence electrons. The van der Waals surface area contributed by atoms with Gasteiger partial charge in [-0.3, -0.25) is 4.79 Å². The zero-order chi connectivity index (χ0) is 25.5. The Morgan fingerprint density at radius 1 is 1.06 bits per heavy atom. The molecule has 0 bridgehead atoms. The Hall–Kier alpha value is -3.77. The molecule has 0 spiro atoms. The van der Waals surface area contributed by atoms with Crippen molar-refractivity contribution in [1.29, 1.82) is 0 Å². The molecule has 1 aliphatic heterocycles. The van der Waals surface area contributed by atoms with Crippen LogP contribution in [0.5, 0.6) is 11.5 Å². The van der Waals surface area contributed by atoms with Gasteiger partial charge in [-0.05, 0) is 78.6 Å². The van der Waals surface area contributed by atoms with Crippen LogP contribution in [0.4, 0.5) is 5.69 Å². The molecule has 1 N–H and O–H groups in total. The van der Waals surface area contributed by atoms with Crippen molar-refractivity contribution in [3.8, 4) is 11.5 Å². The van der Waals surface area contributed by atoms with E-state index in [-0.39, 0.29) is 5.91 Å². The molecule has 1 saturated heterocycles. The standard InChI is InChI=1S/C30H30N2O3S/c1-5-7-24-16-23(17-26(34-4)28(24)35-19-22-10-8-20(3)9-11-22)18-27-29(33)32-30(36-27)31-25-14-12-21(6-2)13-15-25/h5,8-18H,1,6-7,19H2,2-4H3,(H,31,32,33)/b27-18-. The average Bonchev–Trinajstić information content (AvgIpc) is 3.22. The molecule has 1 heterocycles.